The zero-order chi connectivity index (χ0) is 15.0. The third-order valence-corrected chi connectivity index (χ3v) is 9.76. The highest BCUT2D eigenvalue weighted by Crippen LogP contribution is 2.70. The largest absolute Gasteiger partial charge is 0.374 e. The highest BCUT2D eigenvalue weighted by Gasteiger charge is 2.66. The number of ether oxygens (including phenoxy) is 1. The molecule has 0 radical (unpaired) electrons. The van der Waals surface area contributed by atoms with Gasteiger partial charge in [-0.3, -0.25) is 0 Å². The predicted octanol–water partition coefficient (Wildman–Crippen LogP) is 5.58. The van der Waals surface area contributed by atoms with E-state index in [1.165, 1.54) is 64.2 Å². The van der Waals surface area contributed by atoms with Crippen LogP contribution in [0.25, 0.3) is 0 Å². The number of rotatable bonds is 0. The van der Waals surface area contributed by atoms with Crippen LogP contribution in [0.1, 0.15) is 84.5 Å². The Kier molecular flexibility index (Phi) is 2.94. The average Bonchev–Trinajstić information content (AvgIpc) is 2.79. The van der Waals surface area contributed by atoms with Crippen LogP contribution in [0.2, 0.25) is 0 Å². The third-order valence-electron chi connectivity index (χ3n) is 9.76. The molecule has 1 heterocycles. The minimum absolute atomic E-state index is 0.312. The Morgan fingerprint density at radius 3 is 2.36 bits per heavy atom. The summed E-state index contributed by atoms with van der Waals surface area (Å²) in [7, 11) is 0. The molecule has 0 amide bonds. The molecule has 0 N–H and O–H groups in total. The number of hydrogen-bond donors (Lipinski definition) is 0. The van der Waals surface area contributed by atoms with Crippen LogP contribution in [0.3, 0.4) is 0 Å². The van der Waals surface area contributed by atoms with Crippen LogP contribution in [0.5, 0.6) is 0 Å². The van der Waals surface area contributed by atoms with Gasteiger partial charge in [-0.15, -0.1) is 0 Å². The highest BCUT2D eigenvalue weighted by atomic mass is 16.5. The molecule has 1 saturated heterocycles. The molecule has 0 aromatic carbocycles. The minimum Gasteiger partial charge on any atom is -0.374 e. The van der Waals surface area contributed by atoms with Gasteiger partial charge < -0.3 is 4.74 Å². The van der Waals surface area contributed by atoms with Crippen molar-refractivity contribution in [3.63, 3.8) is 0 Å². The number of hydrogen-bond acceptors (Lipinski definition) is 1. The maximum absolute atomic E-state index is 6.26. The van der Waals surface area contributed by atoms with E-state index in [-0.39, 0.29) is 0 Å². The second-order valence-electron chi connectivity index (χ2n) is 9.99. The van der Waals surface area contributed by atoms with E-state index in [1.54, 1.807) is 6.42 Å². The van der Waals surface area contributed by atoms with E-state index in [2.05, 4.69) is 13.8 Å². The first-order chi connectivity index (χ1) is 10.6. The SMILES string of the molecule is CC12CCCCC1CCC1C2CCC2(C)C1CCC21CCO1. The van der Waals surface area contributed by atoms with Crippen LogP contribution < -0.4 is 0 Å². The van der Waals surface area contributed by atoms with Gasteiger partial charge >= 0.3 is 0 Å². The van der Waals surface area contributed by atoms with Crippen molar-refractivity contribution < 1.29 is 4.74 Å². The van der Waals surface area contributed by atoms with Crippen molar-refractivity contribution >= 4 is 0 Å². The van der Waals surface area contributed by atoms with Gasteiger partial charge in [-0.05, 0) is 85.9 Å². The lowest BCUT2D eigenvalue weighted by Gasteiger charge is -2.63. The van der Waals surface area contributed by atoms with Crippen LogP contribution in [0.4, 0.5) is 0 Å². The summed E-state index contributed by atoms with van der Waals surface area (Å²) in [6.45, 7) is 6.35. The van der Waals surface area contributed by atoms with E-state index in [9.17, 15) is 0 Å². The van der Waals surface area contributed by atoms with Crippen molar-refractivity contribution in [2.45, 2.75) is 90.1 Å². The fourth-order valence-corrected chi connectivity index (χ4v) is 8.38. The predicted molar refractivity (Wildman–Crippen MR) is 89.6 cm³/mol. The van der Waals surface area contributed by atoms with Crippen molar-refractivity contribution in [2.24, 2.45) is 34.5 Å². The zero-order valence-corrected chi connectivity index (χ0v) is 14.7. The van der Waals surface area contributed by atoms with Crippen molar-refractivity contribution in [3.8, 4) is 0 Å². The summed E-state index contributed by atoms with van der Waals surface area (Å²) < 4.78 is 6.26. The van der Waals surface area contributed by atoms with E-state index in [0.717, 1.165) is 30.3 Å². The molecule has 5 aliphatic rings. The lowest BCUT2D eigenvalue weighted by Crippen LogP contribution is -2.59. The molecular formula is C21H34O. The normalized spacial score (nSPS) is 60.3. The standard InChI is InChI=1S/C21H34O/c1-19-10-4-3-5-15(19)6-7-16-17(19)8-11-20(2)18(16)9-12-21(20)13-14-22-21/h15-18H,3-14H2,1-2H3. The lowest BCUT2D eigenvalue weighted by molar-refractivity contribution is -0.231. The van der Waals surface area contributed by atoms with Gasteiger partial charge in [-0.1, -0.05) is 26.7 Å². The Hall–Kier alpha value is -0.0400. The van der Waals surface area contributed by atoms with Crippen LogP contribution >= 0.6 is 0 Å². The first kappa shape index (κ1) is 14.3. The summed E-state index contributed by atoms with van der Waals surface area (Å²) in [6.07, 6.45) is 16.3. The Morgan fingerprint density at radius 1 is 0.773 bits per heavy atom. The van der Waals surface area contributed by atoms with Gasteiger partial charge in [0.15, 0.2) is 0 Å². The monoisotopic (exact) mass is 302 g/mol. The van der Waals surface area contributed by atoms with Crippen molar-refractivity contribution in [2.75, 3.05) is 6.61 Å². The highest BCUT2D eigenvalue weighted by molar-refractivity contribution is 5.16. The maximum Gasteiger partial charge on any atom is 0.0760 e. The van der Waals surface area contributed by atoms with Crippen LogP contribution in [-0.2, 0) is 4.74 Å². The second-order valence-corrected chi connectivity index (χ2v) is 9.99. The summed E-state index contributed by atoms with van der Waals surface area (Å²) in [5.74, 6) is 4.11. The van der Waals surface area contributed by atoms with E-state index < -0.39 is 0 Å². The van der Waals surface area contributed by atoms with Gasteiger partial charge in [0.2, 0.25) is 0 Å². The Bertz CT molecular complexity index is 465. The quantitative estimate of drug-likeness (QED) is 0.567. The van der Waals surface area contributed by atoms with Gasteiger partial charge in [0.25, 0.3) is 0 Å². The lowest BCUT2D eigenvalue weighted by atomic mass is 9.44. The molecule has 5 fully saturated rings. The molecule has 0 aromatic rings. The van der Waals surface area contributed by atoms with E-state index >= 15 is 0 Å². The Morgan fingerprint density at radius 2 is 1.59 bits per heavy atom. The fraction of sp³-hybridized carbons (Fsp3) is 1.00. The van der Waals surface area contributed by atoms with Crippen molar-refractivity contribution in [3.05, 3.63) is 0 Å². The van der Waals surface area contributed by atoms with E-state index in [1.807, 2.05) is 0 Å². The topological polar surface area (TPSA) is 9.23 Å². The van der Waals surface area contributed by atoms with Crippen LogP contribution in [0, 0.1) is 34.5 Å². The van der Waals surface area contributed by atoms with Crippen LogP contribution in [0.15, 0.2) is 0 Å². The summed E-state index contributed by atoms with van der Waals surface area (Å²) in [5.41, 5.74) is 1.52. The molecule has 0 bridgehead atoms. The minimum atomic E-state index is 0.312. The van der Waals surface area contributed by atoms with Gasteiger partial charge in [-0.2, -0.15) is 0 Å². The molecule has 5 rings (SSSR count). The van der Waals surface area contributed by atoms with Crippen LogP contribution in [-0.4, -0.2) is 12.2 Å². The van der Waals surface area contributed by atoms with Gasteiger partial charge in [0.1, 0.15) is 0 Å². The first-order valence-electron chi connectivity index (χ1n) is 10.2. The van der Waals surface area contributed by atoms with Gasteiger partial charge in [0.05, 0.1) is 12.2 Å². The van der Waals surface area contributed by atoms with Gasteiger partial charge in [0, 0.05) is 6.42 Å². The van der Waals surface area contributed by atoms with Gasteiger partial charge in [-0.25, -0.2) is 0 Å². The maximum atomic E-state index is 6.26. The molecule has 7 atom stereocenters. The summed E-state index contributed by atoms with van der Waals surface area (Å²) in [4.78, 5) is 0. The summed E-state index contributed by atoms with van der Waals surface area (Å²) >= 11 is 0. The molecule has 1 spiro atoms. The molecule has 0 aromatic heterocycles. The molecule has 7 unspecified atom stereocenters. The Balaban J connectivity index is 1.47. The third kappa shape index (κ3) is 1.55. The molecule has 1 aliphatic heterocycles. The van der Waals surface area contributed by atoms with Crippen molar-refractivity contribution in [1.82, 2.24) is 0 Å². The summed E-state index contributed by atoms with van der Waals surface area (Å²) in [5, 5.41) is 0. The molecule has 1 heteroatoms. The molecule has 124 valence electrons. The van der Waals surface area contributed by atoms with Crippen molar-refractivity contribution in [1.29, 1.82) is 0 Å². The molecule has 22 heavy (non-hydrogen) atoms. The second kappa shape index (κ2) is 4.52. The first-order valence-corrected chi connectivity index (χ1v) is 10.2. The van der Waals surface area contributed by atoms with E-state index in [0.29, 0.717) is 16.4 Å². The smallest absolute Gasteiger partial charge is 0.0760 e. The Labute approximate surface area is 136 Å². The fourth-order valence-electron chi connectivity index (χ4n) is 8.38. The number of fused-ring (bicyclic) bond motifs is 6. The van der Waals surface area contributed by atoms with E-state index in [4.69, 9.17) is 4.74 Å². The molecule has 1 nitrogen and oxygen atoms in total. The average molecular weight is 303 g/mol. The zero-order valence-electron chi connectivity index (χ0n) is 14.7. The molecule has 4 aliphatic carbocycles. The summed E-state index contributed by atoms with van der Waals surface area (Å²) in [6, 6.07) is 0. The molecular weight excluding hydrogens is 268 g/mol. The molecule has 4 saturated carbocycles.